The van der Waals surface area contributed by atoms with Crippen molar-refractivity contribution in [3.63, 3.8) is 0 Å². The fourth-order valence-electron chi connectivity index (χ4n) is 1.78. The van der Waals surface area contributed by atoms with Gasteiger partial charge >= 0.3 is 0 Å². The Labute approximate surface area is 107 Å². The van der Waals surface area contributed by atoms with Crippen LogP contribution in [0.25, 0.3) is 0 Å². The van der Waals surface area contributed by atoms with Gasteiger partial charge in [0.25, 0.3) is 0 Å². The summed E-state index contributed by atoms with van der Waals surface area (Å²) in [5.41, 5.74) is 2.02. The lowest BCUT2D eigenvalue weighted by atomic mass is 10.1. The van der Waals surface area contributed by atoms with Crippen molar-refractivity contribution in [3.05, 3.63) is 48.0 Å². The normalized spacial score (nSPS) is 12.7. The van der Waals surface area contributed by atoms with E-state index in [0.717, 1.165) is 11.3 Å². The van der Waals surface area contributed by atoms with Crippen LogP contribution in [0.2, 0.25) is 0 Å². The summed E-state index contributed by atoms with van der Waals surface area (Å²) in [5, 5.41) is 7.62. The minimum Gasteiger partial charge on any atom is -0.376 e. The van der Waals surface area contributed by atoms with Crippen LogP contribution in [0.4, 0.5) is 10.1 Å². The van der Waals surface area contributed by atoms with Gasteiger partial charge in [0, 0.05) is 18.3 Å². The topological polar surface area (TPSA) is 29.9 Å². The maximum atomic E-state index is 12.8. The number of anilines is 1. The average molecular weight is 247 g/mol. The van der Waals surface area contributed by atoms with Gasteiger partial charge in [0.2, 0.25) is 0 Å². The Morgan fingerprint density at radius 2 is 1.83 bits per heavy atom. The molecule has 1 atom stereocenters. The molecular weight excluding hydrogens is 229 g/mol. The van der Waals surface area contributed by atoms with Crippen LogP contribution in [0.1, 0.15) is 38.4 Å². The molecule has 18 heavy (non-hydrogen) atoms. The summed E-state index contributed by atoms with van der Waals surface area (Å²) in [6, 6.07) is 7.01. The molecule has 1 heterocycles. The van der Waals surface area contributed by atoms with Gasteiger partial charge in [-0.25, -0.2) is 4.39 Å². The predicted molar refractivity (Wildman–Crippen MR) is 71.0 cm³/mol. The van der Waals surface area contributed by atoms with E-state index in [-0.39, 0.29) is 11.9 Å². The van der Waals surface area contributed by atoms with Crippen molar-refractivity contribution in [2.45, 2.75) is 32.9 Å². The molecule has 0 spiro atoms. The number of aromatic nitrogens is 2. The Balaban J connectivity index is 2.06. The molecule has 0 amide bonds. The molecule has 1 aromatic carbocycles. The van der Waals surface area contributed by atoms with Gasteiger partial charge in [-0.2, -0.15) is 5.10 Å². The first-order valence-electron chi connectivity index (χ1n) is 6.12. The Morgan fingerprint density at radius 3 is 2.39 bits per heavy atom. The highest BCUT2D eigenvalue weighted by Gasteiger charge is 2.07. The smallest absolute Gasteiger partial charge is 0.123 e. The van der Waals surface area contributed by atoms with E-state index in [0.29, 0.717) is 6.04 Å². The molecule has 0 aliphatic heterocycles. The van der Waals surface area contributed by atoms with Crippen molar-refractivity contribution < 1.29 is 4.39 Å². The van der Waals surface area contributed by atoms with E-state index in [1.807, 2.05) is 17.8 Å². The number of rotatable bonds is 4. The van der Waals surface area contributed by atoms with E-state index in [1.54, 1.807) is 18.3 Å². The first-order valence-corrected chi connectivity index (χ1v) is 6.12. The van der Waals surface area contributed by atoms with Crippen molar-refractivity contribution in [2.75, 3.05) is 5.32 Å². The number of hydrogen-bond donors (Lipinski definition) is 1. The van der Waals surface area contributed by atoms with E-state index >= 15 is 0 Å². The Kier molecular flexibility index (Phi) is 3.65. The maximum absolute atomic E-state index is 12.8. The molecule has 0 aliphatic rings. The quantitative estimate of drug-likeness (QED) is 0.891. The first kappa shape index (κ1) is 12.6. The van der Waals surface area contributed by atoms with Crippen LogP contribution < -0.4 is 5.32 Å². The Bertz CT molecular complexity index is 502. The molecule has 3 nitrogen and oxygen atoms in total. The minimum absolute atomic E-state index is 0.121. The lowest BCUT2D eigenvalue weighted by molar-refractivity contribution is 0.532. The zero-order valence-electron chi connectivity index (χ0n) is 10.9. The van der Waals surface area contributed by atoms with Gasteiger partial charge in [-0.3, -0.25) is 4.68 Å². The summed E-state index contributed by atoms with van der Waals surface area (Å²) in [6.45, 7) is 6.21. The standard InChI is InChI=1S/C14H18FN3/c1-10(2)18-9-14(8-16-18)17-11(3)12-4-6-13(15)7-5-12/h4-11,17H,1-3H3. The van der Waals surface area contributed by atoms with Gasteiger partial charge in [-0.05, 0) is 38.5 Å². The molecule has 96 valence electrons. The van der Waals surface area contributed by atoms with Crippen LogP contribution in [-0.4, -0.2) is 9.78 Å². The van der Waals surface area contributed by atoms with Gasteiger partial charge in [0.1, 0.15) is 5.82 Å². The molecule has 1 N–H and O–H groups in total. The Hall–Kier alpha value is -1.84. The molecule has 0 radical (unpaired) electrons. The third kappa shape index (κ3) is 2.88. The van der Waals surface area contributed by atoms with Crippen LogP contribution in [0.5, 0.6) is 0 Å². The van der Waals surface area contributed by atoms with Crippen LogP contribution in [0.15, 0.2) is 36.7 Å². The molecule has 1 aromatic heterocycles. The van der Waals surface area contributed by atoms with Crippen LogP contribution in [-0.2, 0) is 0 Å². The van der Waals surface area contributed by atoms with Gasteiger partial charge < -0.3 is 5.32 Å². The summed E-state index contributed by atoms with van der Waals surface area (Å²) in [6.07, 6.45) is 3.78. The molecule has 2 aromatic rings. The molecule has 1 unspecified atom stereocenters. The van der Waals surface area contributed by atoms with Crippen LogP contribution in [0.3, 0.4) is 0 Å². The van der Waals surface area contributed by atoms with Crippen molar-refractivity contribution in [3.8, 4) is 0 Å². The molecule has 0 saturated heterocycles. The minimum atomic E-state index is -0.210. The summed E-state index contributed by atoms with van der Waals surface area (Å²) < 4.78 is 14.7. The number of benzene rings is 1. The highest BCUT2D eigenvalue weighted by molar-refractivity contribution is 5.41. The summed E-state index contributed by atoms with van der Waals surface area (Å²) in [7, 11) is 0. The fraction of sp³-hybridized carbons (Fsp3) is 0.357. The Morgan fingerprint density at radius 1 is 1.17 bits per heavy atom. The second-order valence-electron chi connectivity index (χ2n) is 4.72. The van der Waals surface area contributed by atoms with Crippen LogP contribution >= 0.6 is 0 Å². The van der Waals surface area contributed by atoms with Crippen molar-refractivity contribution in [1.82, 2.24) is 9.78 Å². The van der Waals surface area contributed by atoms with Crippen molar-refractivity contribution >= 4 is 5.69 Å². The lowest BCUT2D eigenvalue weighted by Gasteiger charge is -2.14. The number of hydrogen-bond acceptors (Lipinski definition) is 2. The number of nitrogens with zero attached hydrogens (tertiary/aromatic N) is 2. The highest BCUT2D eigenvalue weighted by atomic mass is 19.1. The highest BCUT2D eigenvalue weighted by Crippen LogP contribution is 2.19. The second kappa shape index (κ2) is 5.21. The third-order valence-corrected chi connectivity index (χ3v) is 2.88. The third-order valence-electron chi connectivity index (χ3n) is 2.88. The average Bonchev–Trinajstić information content (AvgIpc) is 2.78. The van der Waals surface area contributed by atoms with Gasteiger partial charge in [0.15, 0.2) is 0 Å². The van der Waals surface area contributed by atoms with E-state index in [2.05, 4.69) is 24.3 Å². The number of nitrogens with one attached hydrogen (secondary N) is 1. The van der Waals surface area contributed by atoms with E-state index in [4.69, 9.17) is 0 Å². The second-order valence-corrected chi connectivity index (χ2v) is 4.72. The van der Waals surface area contributed by atoms with E-state index in [9.17, 15) is 4.39 Å². The zero-order valence-corrected chi connectivity index (χ0v) is 10.9. The molecule has 0 saturated carbocycles. The fourth-order valence-corrected chi connectivity index (χ4v) is 1.78. The van der Waals surface area contributed by atoms with E-state index < -0.39 is 0 Å². The summed E-state index contributed by atoms with van der Waals surface area (Å²) in [4.78, 5) is 0. The molecule has 0 fully saturated rings. The zero-order chi connectivity index (χ0) is 13.1. The van der Waals surface area contributed by atoms with Gasteiger partial charge in [-0.15, -0.1) is 0 Å². The first-order chi connectivity index (χ1) is 8.56. The van der Waals surface area contributed by atoms with Gasteiger partial charge in [0.05, 0.1) is 11.9 Å². The lowest BCUT2D eigenvalue weighted by Crippen LogP contribution is -2.06. The summed E-state index contributed by atoms with van der Waals surface area (Å²) >= 11 is 0. The molecular formula is C14H18FN3. The SMILES string of the molecule is CC(Nc1cnn(C(C)C)c1)c1ccc(F)cc1. The van der Waals surface area contributed by atoms with Crippen molar-refractivity contribution in [2.24, 2.45) is 0 Å². The van der Waals surface area contributed by atoms with Crippen molar-refractivity contribution in [1.29, 1.82) is 0 Å². The largest absolute Gasteiger partial charge is 0.376 e. The van der Waals surface area contributed by atoms with E-state index in [1.165, 1.54) is 12.1 Å². The molecule has 2 rings (SSSR count). The van der Waals surface area contributed by atoms with Gasteiger partial charge in [-0.1, -0.05) is 12.1 Å². The molecule has 0 aliphatic carbocycles. The predicted octanol–water partition coefficient (Wildman–Crippen LogP) is 3.78. The van der Waals surface area contributed by atoms with Crippen LogP contribution in [0, 0.1) is 5.82 Å². The summed E-state index contributed by atoms with van der Waals surface area (Å²) in [5.74, 6) is -0.210. The number of halogens is 1. The molecule has 0 bridgehead atoms. The molecule has 4 heteroatoms. The monoisotopic (exact) mass is 247 g/mol. The maximum Gasteiger partial charge on any atom is 0.123 e.